The molecule has 1 aromatic rings. The van der Waals surface area contributed by atoms with E-state index in [0.29, 0.717) is 12.5 Å². The molecule has 0 fully saturated rings. The largest absolute Gasteiger partial charge is 0.423 e. The maximum atomic E-state index is 13.0. The van der Waals surface area contributed by atoms with Gasteiger partial charge in [0.1, 0.15) is 5.56 Å². The van der Waals surface area contributed by atoms with Crippen LogP contribution < -0.4 is 5.32 Å². The van der Waals surface area contributed by atoms with Crippen LogP contribution in [0.25, 0.3) is 0 Å². The van der Waals surface area contributed by atoms with Gasteiger partial charge in [-0.25, -0.2) is 0 Å². The van der Waals surface area contributed by atoms with Crippen LogP contribution in [0.3, 0.4) is 0 Å². The molecule has 0 aliphatic rings. The molecule has 0 atom stereocenters. The minimum absolute atomic E-state index is 0.0879. The van der Waals surface area contributed by atoms with E-state index in [2.05, 4.69) is 24.2 Å². The van der Waals surface area contributed by atoms with Crippen molar-refractivity contribution in [3.63, 3.8) is 0 Å². The number of hydrogen-bond donors (Lipinski definition) is 1. The molecule has 1 aromatic carbocycles. The maximum absolute atomic E-state index is 13.0. The zero-order chi connectivity index (χ0) is 25.4. The number of nitrogens with one attached hydrogen (secondary N) is 1. The maximum Gasteiger partial charge on any atom is 0.423 e. The molecule has 0 saturated carbocycles. The molecular weight excluding hydrogens is 447 g/mol. The second-order valence-electron chi connectivity index (χ2n) is 8.98. The average molecular weight is 488 g/mol. The van der Waals surface area contributed by atoms with E-state index >= 15 is 0 Å². The topological polar surface area (TPSA) is 75.5 Å². The molecule has 0 heterocycles. The Balaban J connectivity index is 2.12. The second kappa shape index (κ2) is 16.5. The van der Waals surface area contributed by atoms with Crippen molar-refractivity contribution in [2.24, 2.45) is 0 Å². The number of benzene rings is 1. The van der Waals surface area contributed by atoms with Gasteiger partial charge in [-0.2, -0.15) is 13.2 Å². The fraction of sp³-hybridized carbons (Fsp3) is 0.720. The number of nitrogens with zero attached hydrogens (tertiary/aromatic N) is 2. The van der Waals surface area contributed by atoms with Gasteiger partial charge < -0.3 is 10.2 Å². The van der Waals surface area contributed by atoms with Crippen LogP contribution in [-0.4, -0.2) is 35.9 Å². The average Bonchev–Trinajstić information content (AvgIpc) is 2.76. The number of carbonyl (C=O) groups excluding carboxylic acids is 1. The van der Waals surface area contributed by atoms with Gasteiger partial charge in [-0.1, -0.05) is 64.7 Å². The Morgan fingerprint density at radius 2 is 1.47 bits per heavy atom. The van der Waals surface area contributed by atoms with Crippen LogP contribution in [-0.2, 0) is 11.0 Å². The molecule has 0 aromatic heterocycles. The van der Waals surface area contributed by atoms with Crippen molar-refractivity contribution >= 4 is 17.3 Å². The predicted molar refractivity (Wildman–Crippen MR) is 130 cm³/mol. The number of nitro benzene ring substituents is 1. The first-order chi connectivity index (χ1) is 16.1. The lowest BCUT2D eigenvalue weighted by atomic mass is 10.1. The highest BCUT2D eigenvalue weighted by atomic mass is 19.4. The molecule has 1 N–H and O–H groups in total. The SMILES string of the molecule is CCCCCN(C)CCCCCCCCCCCC(=O)Nc1ccc([N+](=O)[O-])c(C(F)(F)F)c1. The standard InChI is InChI=1S/C25H40F3N3O3/c1-3-4-13-18-30(2)19-14-11-9-7-5-6-8-10-12-15-24(32)29-21-16-17-23(31(33)34)22(20-21)25(26,27)28/h16-17,20H,3-15,18-19H2,1-2H3,(H,29,32). The van der Waals surface area contributed by atoms with E-state index in [1.807, 2.05) is 0 Å². The molecule has 9 heteroatoms. The van der Waals surface area contributed by atoms with E-state index < -0.39 is 22.4 Å². The fourth-order valence-electron chi connectivity index (χ4n) is 3.87. The molecule has 0 bridgehead atoms. The van der Waals surface area contributed by atoms with Crippen LogP contribution >= 0.6 is 0 Å². The summed E-state index contributed by atoms with van der Waals surface area (Å²) >= 11 is 0. The van der Waals surface area contributed by atoms with Crippen molar-refractivity contribution in [2.75, 3.05) is 25.5 Å². The van der Waals surface area contributed by atoms with Crippen molar-refractivity contribution in [2.45, 2.75) is 96.6 Å². The third-order valence-corrected chi connectivity index (χ3v) is 5.87. The zero-order valence-corrected chi connectivity index (χ0v) is 20.6. The van der Waals surface area contributed by atoms with Gasteiger partial charge in [-0.05, 0) is 51.5 Å². The molecule has 0 radical (unpaired) electrons. The van der Waals surface area contributed by atoms with Crippen LogP contribution in [0.1, 0.15) is 96.0 Å². The Hall–Kier alpha value is -2.16. The monoisotopic (exact) mass is 487 g/mol. The Labute approximate surface area is 201 Å². The normalized spacial score (nSPS) is 11.7. The Morgan fingerprint density at radius 1 is 0.941 bits per heavy atom. The van der Waals surface area contributed by atoms with Gasteiger partial charge in [0.15, 0.2) is 0 Å². The lowest BCUT2D eigenvalue weighted by molar-refractivity contribution is -0.388. The highest BCUT2D eigenvalue weighted by molar-refractivity contribution is 5.91. The lowest BCUT2D eigenvalue weighted by Crippen LogP contribution is -2.20. The number of alkyl halides is 3. The molecule has 1 amide bonds. The summed E-state index contributed by atoms with van der Waals surface area (Å²) < 4.78 is 39.1. The number of rotatable bonds is 18. The molecule has 0 aliphatic carbocycles. The quantitative estimate of drug-likeness (QED) is 0.132. The molecule has 0 unspecified atom stereocenters. The van der Waals surface area contributed by atoms with Crippen LogP contribution in [0.4, 0.5) is 24.5 Å². The van der Waals surface area contributed by atoms with Crippen molar-refractivity contribution < 1.29 is 22.9 Å². The number of amides is 1. The first kappa shape index (κ1) is 29.9. The summed E-state index contributed by atoms with van der Waals surface area (Å²) in [5.41, 5.74) is -2.48. The van der Waals surface area contributed by atoms with Crippen LogP contribution in [0.2, 0.25) is 0 Å². The van der Waals surface area contributed by atoms with E-state index in [0.717, 1.165) is 31.4 Å². The van der Waals surface area contributed by atoms with E-state index in [-0.39, 0.29) is 18.0 Å². The van der Waals surface area contributed by atoms with Gasteiger partial charge in [0.05, 0.1) is 4.92 Å². The lowest BCUT2D eigenvalue weighted by Gasteiger charge is -2.15. The summed E-state index contributed by atoms with van der Waals surface area (Å²) in [4.78, 5) is 24.2. The Bertz CT molecular complexity index is 742. The molecule has 1 rings (SSSR count). The Kier molecular flexibility index (Phi) is 14.5. The number of carbonyl (C=O) groups is 1. The highest BCUT2D eigenvalue weighted by Gasteiger charge is 2.38. The minimum atomic E-state index is -4.87. The highest BCUT2D eigenvalue weighted by Crippen LogP contribution is 2.37. The third kappa shape index (κ3) is 12.9. The van der Waals surface area contributed by atoms with Crippen molar-refractivity contribution in [1.82, 2.24) is 4.90 Å². The van der Waals surface area contributed by atoms with E-state index in [1.165, 1.54) is 64.5 Å². The van der Waals surface area contributed by atoms with Gasteiger partial charge in [0, 0.05) is 18.2 Å². The number of anilines is 1. The van der Waals surface area contributed by atoms with Crippen LogP contribution in [0.5, 0.6) is 0 Å². The summed E-state index contributed by atoms with van der Waals surface area (Å²) in [6.07, 6.45) is 9.06. The van der Waals surface area contributed by atoms with E-state index in [4.69, 9.17) is 0 Å². The fourth-order valence-corrected chi connectivity index (χ4v) is 3.87. The molecule has 194 valence electrons. The Morgan fingerprint density at radius 3 is 2.00 bits per heavy atom. The van der Waals surface area contributed by atoms with E-state index in [1.54, 1.807) is 0 Å². The van der Waals surface area contributed by atoms with Gasteiger partial charge >= 0.3 is 6.18 Å². The smallest absolute Gasteiger partial charge is 0.326 e. The first-order valence-electron chi connectivity index (χ1n) is 12.5. The minimum Gasteiger partial charge on any atom is -0.326 e. The second-order valence-corrected chi connectivity index (χ2v) is 8.98. The number of nitro groups is 1. The number of halogens is 3. The molecule has 0 aliphatic heterocycles. The molecule has 0 spiro atoms. The first-order valence-corrected chi connectivity index (χ1v) is 12.5. The van der Waals surface area contributed by atoms with Gasteiger partial charge in [0.25, 0.3) is 5.69 Å². The molecule has 34 heavy (non-hydrogen) atoms. The van der Waals surface area contributed by atoms with E-state index in [9.17, 15) is 28.1 Å². The third-order valence-electron chi connectivity index (χ3n) is 5.87. The number of unbranched alkanes of at least 4 members (excludes halogenated alkanes) is 10. The number of hydrogen-bond acceptors (Lipinski definition) is 4. The van der Waals surface area contributed by atoms with Crippen molar-refractivity contribution in [1.29, 1.82) is 0 Å². The van der Waals surface area contributed by atoms with Gasteiger partial charge in [0.2, 0.25) is 5.91 Å². The molecule has 0 saturated heterocycles. The summed E-state index contributed by atoms with van der Waals surface area (Å²) in [5.74, 6) is -0.387. The zero-order valence-electron chi connectivity index (χ0n) is 20.6. The summed E-state index contributed by atoms with van der Waals surface area (Å²) in [6, 6.07) is 2.50. The summed E-state index contributed by atoms with van der Waals surface area (Å²) in [7, 11) is 2.20. The van der Waals surface area contributed by atoms with Crippen molar-refractivity contribution in [3.05, 3.63) is 33.9 Å². The van der Waals surface area contributed by atoms with Gasteiger partial charge in [-0.15, -0.1) is 0 Å². The predicted octanol–water partition coefficient (Wildman–Crippen LogP) is 7.58. The summed E-state index contributed by atoms with van der Waals surface area (Å²) in [6.45, 7) is 4.58. The summed E-state index contributed by atoms with van der Waals surface area (Å²) in [5, 5.41) is 13.2. The van der Waals surface area contributed by atoms with Crippen LogP contribution in [0.15, 0.2) is 18.2 Å². The van der Waals surface area contributed by atoms with Crippen molar-refractivity contribution in [3.8, 4) is 0 Å². The molecular formula is C25H40F3N3O3. The van der Waals surface area contributed by atoms with Crippen LogP contribution in [0, 0.1) is 10.1 Å². The molecule has 6 nitrogen and oxygen atoms in total. The van der Waals surface area contributed by atoms with Gasteiger partial charge in [-0.3, -0.25) is 14.9 Å².